The highest BCUT2D eigenvalue weighted by Gasteiger charge is 2.47. The van der Waals surface area contributed by atoms with Crippen LogP contribution in [0, 0.1) is 34.6 Å². The van der Waals surface area contributed by atoms with E-state index in [-0.39, 0.29) is 5.75 Å². The van der Waals surface area contributed by atoms with Crippen LogP contribution in [0.5, 0.6) is 28.7 Å². The highest BCUT2D eigenvalue weighted by atomic mass is 31.3. The Bertz CT molecular complexity index is 1830. The van der Waals surface area contributed by atoms with Gasteiger partial charge in [-0.15, -0.1) is 13.2 Å². The maximum atomic E-state index is 17.6. The molecule has 5 aromatic carbocycles. The number of hydrogen-bond acceptors (Lipinski definition) is 8. The van der Waals surface area contributed by atoms with E-state index in [1.54, 1.807) is 60.7 Å². The van der Waals surface area contributed by atoms with Crippen LogP contribution in [0.3, 0.4) is 0 Å². The van der Waals surface area contributed by atoms with Gasteiger partial charge in [0.15, 0.2) is 0 Å². The van der Waals surface area contributed by atoms with E-state index >= 15 is 4.20 Å². The van der Waals surface area contributed by atoms with E-state index in [4.69, 9.17) is 27.1 Å². The van der Waals surface area contributed by atoms with E-state index in [1.807, 2.05) is 95.3 Å². The van der Waals surface area contributed by atoms with E-state index in [0.29, 0.717) is 23.0 Å². The van der Waals surface area contributed by atoms with E-state index in [2.05, 4.69) is 9.03 Å². The Labute approximate surface area is 275 Å². The largest absolute Gasteiger partial charge is 0.460 e. The minimum atomic E-state index is -4.67. The normalized spacial score (nSPS) is 17.7. The van der Waals surface area contributed by atoms with Gasteiger partial charge >= 0.3 is 23.1 Å². The molecule has 0 aliphatic carbocycles. The molecule has 1 aliphatic heterocycles. The lowest BCUT2D eigenvalue weighted by Crippen LogP contribution is -2.08. The zero-order valence-electron chi connectivity index (χ0n) is 26.6. The van der Waals surface area contributed by atoms with Crippen molar-refractivity contribution in [2.75, 3.05) is 0 Å². The minimum Gasteiger partial charge on any atom is -0.419 e. The molecule has 0 bridgehead atoms. The van der Waals surface area contributed by atoms with Crippen molar-refractivity contribution in [1.29, 1.82) is 0 Å². The SMILES string of the molecule is Cc1ccc(OP2(F)=NP(Oc3ccc(C)cc3)(Oc3ccc(C)cc3)=NP(Oc3ccc(C)cc3)(Oc3ccc(C)cc3)=N2)cc1. The molecule has 12 heteroatoms. The number of nitrogens with zero attached hydrogens (tertiary/aromatic N) is 3. The number of hydrogen-bond donors (Lipinski definition) is 0. The molecule has 1 unspecified atom stereocenters. The van der Waals surface area contributed by atoms with Gasteiger partial charge in [0, 0.05) is 0 Å². The quantitative estimate of drug-likeness (QED) is 0.136. The molecule has 0 amide bonds. The van der Waals surface area contributed by atoms with Crippen molar-refractivity contribution in [3.8, 4) is 28.7 Å². The summed E-state index contributed by atoms with van der Waals surface area (Å²) in [4.78, 5) is 0. The van der Waals surface area contributed by atoms with E-state index in [0.717, 1.165) is 27.8 Å². The summed E-state index contributed by atoms with van der Waals surface area (Å²) in [5.41, 5.74) is 5.03. The lowest BCUT2D eigenvalue weighted by atomic mass is 10.2. The molecule has 1 atom stereocenters. The van der Waals surface area contributed by atoms with Crippen LogP contribution in [0.15, 0.2) is 135 Å². The fraction of sp³-hybridized carbons (Fsp3) is 0.143. The predicted molar refractivity (Wildman–Crippen MR) is 188 cm³/mol. The van der Waals surface area contributed by atoms with E-state index in [1.165, 1.54) is 0 Å². The Morgan fingerprint density at radius 2 is 0.574 bits per heavy atom. The molecule has 0 N–H and O–H groups in total. The van der Waals surface area contributed by atoms with Crippen LogP contribution in [-0.4, -0.2) is 0 Å². The molecular weight excluding hydrogens is 654 g/mol. The molecule has 242 valence electrons. The summed E-state index contributed by atoms with van der Waals surface area (Å²) < 4.78 is 63.8. The summed E-state index contributed by atoms with van der Waals surface area (Å²) in [6.45, 7) is 9.77. The third-order valence-corrected chi connectivity index (χ3v) is 14.5. The zero-order valence-corrected chi connectivity index (χ0v) is 29.3. The summed E-state index contributed by atoms with van der Waals surface area (Å²) in [5, 5.41) is 0. The summed E-state index contributed by atoms with van der Waals surface area (Å²) in [5.74, 6) is 1.72. The van der Waals surface area contributed by atoms with Gasteiger partial charge in [-0.3, -0.25) is 0 Å². The van der Waals surface area contributed by atoms with Crippen LogP contribution < -0.4 is 22.6 Å². The minimum absolute atomic E-state index is 0.230. The molecule has 0 saturated carbocycles. The van der Waals surface area contributed by atoms with Crippen LogP contribution in [-0.2, 0) is 0 Å². The molecule has 0 fully saturated rings. The molecule has 0 saturated heterocycles. The molecule has 6 rings (SSSR count). The topological polar surface area (TPSA) is 83.2 Å². The number of rotatable bonds is 10. The van der Waals surface area contributed by atoms with E-state index in [9.17, 15) is 0 Å². The third kappa shape index (κ3) is 8.36. The number of aryl methyl sites for hydroxylation is 5. The first-order chi connectivity index (χ1) is 22.5. The van der Waals surface area contributed by atoms with Crippen molar-refractivity contribution < 1.29 is 26.8 Å². The Kier molecular flexibility index (Phi) is 9.34. The van der Waals surface area contributed by atoms with Crippen molar-refractivity contribution >= 4 is 23.1 Å². The molecule has 1 heterocycles. The average Bonchev–Trinajstić information content (AvgIpc) is 3.02. The first-order valence-corrected chi connectivity index (χ1v) is 19.5. The van der Waals surface area contributed by atoms with Gasteiger partial charge in [0.2, 0.25) is 0 Å². The van der Waals surface area contributed by atoms with Crippen LogP contribution in [0.4, 0.5) is 4.20 Å². The number of benzene rings is 5. The summed E-state index contributed by atoms with van der Waals surface area (Å²) in [6.07, 6.45) is 0. The molecule has 0 aromatic heterocycles. The molecule has 5 aromatic rings. The summed E-state index contributed by atoms with van der Waals surface area (Å²) >= 11 is 0. The van der Waals surface area contributed by atoms with Crippen molar-refractivity contribution in [3.63, 3.8) is 0 Å². The van der Waals surface area contributed by atoms with Gasteiger partial charge in [-0.25, -0.2) is 0 Å². The average molecular weight is 690 g/mol. The van der Waals surface area contributed by atoms with Gasteiger partial charge < -0.3 is 22.6 Å². The second kappa shape index (κ2) is 13.4. The molecule has 0 radical (unpaired) electrons. The molecular formula is C35H35FN3O5P3. The fourth-order valence-electron chi connectivity index (χ4n) is 4.37. The van der Waals surface area contributed by atoms with E-state index < -0.39 is 23.1 Å². The van der Waals surface area contributed by atoms with Gasteiger partial charge in [-0.1, -0.05) is 93.0 Å². The van der Waals surface area contributed by atoms with Crippen LogP contribution >= 0.6 is 23.1 Å². The molecule has 8 nitrogen and oxygen atoms in total. The van der Waals surface area contributed by atoms with Crippen LogP contribution in [0.1, 0.15) is 27.8 Å². The van der Waals surface area contributed by atoms with Crippen molar-refractivity contribution in [1.82, 2.24) is 0 Å². The highest BCUT2D eigenvalue weighted by Crippen LogP contribution is 2.79. The monoisotopic (exact) mass is 689 g/mol. The maximum absolute atomic E-state index is 17.6. The summed E-state index contributed by atoms with van der Waals surface area (Å²) in [6, 6.07) is 36.0. The standard InChI is InChI=1S/C35H35FN3O5P3/c1-26-6-16-31(17-7-26)40-45(36)37-46(41-32-18-8-27(2)9-19-32,42-33-20-10-28(3)11-21-33)39-47(38-45,43-34-22-12-29(4)13-23-34)44-35-24-14-30(5)15-25-35/h6-25H,1-5H3. The van der Waals surface area contributed by atoms with Gasteiger partial charge in [0.1, 0.15) is 28.7 Å². The van der Waals surface area contributed by atoms with Gasteiger partial charge in [0.05, 0.1) is 0 Å². The second-order valence-corrected chi connectivity index (χ2v) is 17.2. The first-order valence-electron chi connectivity index (χ1n) is 14.9. The predicted octanol–water partition coefficient (Wildman–Crippen LogP) is 12.7. The Hall–Kier alpha value is -4.28. The second-order valence-electron chi connectivity index (χ2n) is 11.2. The summed E-state index contributed by atoms with van der Waals surface area (Å²) in [7, 11) is -12.8. The van der Waals surface area contributed by atoms with Gasteiger partial charge in [0.25, 0.3) is 0 Å². The van der Waals surface area contributed by atoms with Crippen molar-refractivity contribution in [2.45, 2.75) is 34.6 Å². The molecule has 1 aliphatic rings. The Morgan fingerprint density at radius 1 is 0.340 bits per heavy atom. The van der Waals surface area contributed by atoms with Crippen LogP contribution in [0.2, 0.25) is 0 Å². The van der Waals surface area contributed by atoms with Gasteiger partial charge in [-0.2, -0.15) is 0 Å². The molecule has 0 spiro atoms. The zero-order chi connectivity index (χ0) is 33.1. The maximum Gasteiger partial charge on any atom is 0.460 e. The number of halogens is 1. The molecule has 47 heavy (non-hydrogen) atoms. The highest BCUT2D eigenvalue weighted by molar-refractivity contribution is 7.78. The lowest BCUT2D eigenvalue weighted by Gasteiger charge is -2.31. The van der Waals surface area contributed by atoms with Gasteiger partial charge in [-0.05, 0) is 95.3 Å². The Balaban J connectivity index is 1.62. The fourth-order valence-corrected chi connectivity index (χ4v) is 12.7. The van der Waals surface area contributed by atoms with Crippen LogP contribution in [0.25, 0.3) is 0 Å². The Morgan fingerprint density at radius 3 is 0.851 bits per heavy atom. The van der Waals surface area contributed by atoms with Crippen molar-refractivity contribution in [3.05, 3.63) is 149 Å². The third-order valence-electron chi connectivity index (χ3n) is 6.90. The van der Waals surface area contributed by atoms with Crippen molar-refractivity contribution in [2.24, 2.45) is 13.5 Å². The lowest BCUT2D eigenvalue weighted by molar-refractivity contribution is 0.454. The smallest absolute Gasteiger partial charge is 0.419 e. The first kappa shape index (κ1) is 32.7.